The minimum Gasteiger partial charge on any atom is -0.354 e. The molecule has 13 heteroatoms. The zero-order valence-electron chi connectivity index (χ0n) is 39.2. The van der Waals surface area contributed by atoms with Crippen molar-refractivity contribution >= 4 is 46.4 Å². The predicted octanol–water partition coefficient (Wildman–Crippen LogP) is 7.48. The Bertz CT molecular complexity index is 3310. The van der Waals surface area contributed by atoms with Gasteiger partial charge in [-0.1, -0.05) is 0 Å². The van der Waals surface area contributed by atoms with E-state index in [1.165, 1.54) is 0 Å². The highest BCUT2D eigenvalue weighted by atomic mass is 16.9. The second-order valence-corrected chi connectivity index (χ2v) is 19.3. The number of nitrogens with zero attached hydrogens (tertiary/aromatic N) is 6. The molecule has 7 aromatic rings. The molecule has 0 saturated carbocycles. The molecule has 12 rings (SSSR count). The number of hydrogen-bond donors (Lipinski definition) is 2. The number of aromatic nitrogens is 8. The van der Waals surface area contributed by atoms with Crippen LogP contribution in [0.5, 0.6) is 0 Å². The number of hydrogen-bond acceptors (Lipinski definition) is 7. The van der Waals surface area contributed by atoms with E-state index in [0.29, 0.717) is 6.54 Å². The fraction of sp³-hybridized carbons (Fsp3) is 0.273. The first-order valence-corrected chi connectivity index (χ1v) is 23.2. The number of ether oxygens (including phenoxy) is 5. The van der Waals surface area contributed by atoms with E-state index >= 15 is 0 Å². The molecular formula is C55H54N8O5+4. The molecule has 13 nitrogen and oxygen atoms in total. The molecule has 0 amide bonds. The quantitative estimate of drug-likeness (QED) is 0.166. The van der Waals surface area contributed by atoms with Gasteiger partial charge in [-0.25, -0.2) is 28.2 Å². The molecule has 12 heterocycles. The molecule has 0 aliphatic carbocycles. The average Bonchev–Trinajstić information content (AvgIpc) is 4.19. The largest absolute Gasteiger partial charge is 0.354 e. The van der Waals surface area contributed by atoms with Gasteiger partial charge in [0.05, 0.1) is 22.8 Å². The summed E-state index contributed by atoms with van der Waals surface area (Å²) in [7, 11) is 6.09. The maximum atomic E-state index is 6.60. The summed E-state index contributed by atoms with van der Waals surface area (Å²) in [6, 6.07) is 25.8. The number of aromatic amines is 2. The van der Waals surface area contributed by atoms with Crippen molar-refractivity contribution in [1.29, 1.82) is 0 Å². The maximum absolute atomic E-state index is 6.60. The standard InChI is InChI=1S/C55H53N8O5/c1-54(2)65-50-45(64-53-52(51(50)66-54)67-55(3,4)68-53)32-63-30-22-36(23-31-63)49-43-14-12-41(58-43)47(34-18-26-61(6)27-19-34)39-10-8-37(56-39)46(33-16-24-60(5)25-17-33)38-9-11-40(57-38)48(42-13-15-44(49)59-42)35-20-28-62(7)29-21-35/h8-31,45,50-53H,32H2,1-7H3,(H,56,57,58,59)/q+3/p+1/t45-,50+,51+,52-,53-/m1/s1. The third kappa shape index (κ3) is 7.66. The Balaban J connectivity index is 1.06. The smallest absolute Gasteiger partial charge is 0.190 e. The minimum absolute atomic E-state index is 0.329. The highest BCUT2D eigenvalue weighted by Gasteiger charge is 2.61. The summed E-state index contributed by atoms with van der Waals surface area (Å²) >= 11 is 0. The first-order valence-electron chi connectivity index (χ1n) is 23.2. The number of rotatable bonds is 6. The second-order valence-electron chi connectivity index (χ2n) is 19.3. The van der Waals surface area contributed by atoms with Crippen LogP contribution >= 0.6 is 0 Å². The molecule has 340 valence electrons. The van der Waals surface area contributed by atoms with E-state index in [2.05, 4.69) is 161 Å². The van der Waals surface area contributed by atoms with Crippen molar-refractivity contribution in [3.05, 3.63) is 145 Å². The van der Waals surface area contributed by atoms with Crippen LogP contribution in [0.4, 0.5) is 0 Å². The average molecular weight is 907 g/mol. The van der Waals surface area contributed by atoms with E-state index in [1.807, 2.05) is 62.5 Å². The molecule has 3 fully saturated rings. The number of H-pyrrole nitrogens is 2. The summed E-state index contributed by atoms with van der Waals surface area (Å²) in [6.45, 7) is 8.20. The molecule has 0 radical (unpaired) electrons. The van der Waals surface area contributed by atoms with E-state index in [4.69, 9.17) is 33.7 Å². The van der Waals surface area contributed by atoms with Gasteiger partial charge >= 0.3 is 0 Å². The Kier molecular flexibility index (Phi) is 10.0. The molecule has 5 aliphatic heterocycles. The van der Waals surface area contributed by atoms with Gasteiger partial charge in [-0.2, -0.15) is 0 Å². The van der Waals surface area contributed by atoms with E-state index in [9.17, 15) is 0 Å². The zero-order valence-corrected chi connectivity index (χ0v) is 39.2. The van der Waals surface area contributed by atoms with Gasteiger partial charge in [-0.3, -0.25) is 0 Å². The van der Waals surface area contributed by atoms with Gasteiger partial charge in [0.15, 0.2) is 74.0 Å². The lowest BCUT2D eigenvalue weighted by Crippen LogP contribution is -2.58. The van der Waals surface area contributed by atoms with Crippen molar-refractivity contribution in [2.75, 3.05) is 0 Å². The number of nitrogens with one attached hydrogen (secondary N) is 2. The molecule has 68 heavy (non-hydrogen) atoms. The van der Waals surface area contributed by atoms with E-state index in [1.54, 1.807) is 0 Å². The van der Waals surface area contributed by atoms with Crippen LogP contribution < -0.4 is 18.3 Å². The molecule has 7 aromatic heterocycles. The van der Waals surface area contributed by atoms with Gasteiger partial charge in [0.2, 0.25) is 0 Å². The summed E-state index contributed by atoms with van der Waals surface area (Å²) < 4.78 is 40.2. The van der Waals surface area contributed by atoms with E-state index in [0.717, 1.165) is 89.4 Å². The van der Waals surface area contributed by atoms with E-state index in [-0.39, 0.29) is 24.4 Å². The number of aryl methyl sites for hydroxylation is 3. The van der Waals surface area contributed by atoms with Gasteiger partial charge < -0.3 is 33.7 Å². The second kappa shape index (κ2) is 16.1. The van der Waals surface area contributed by atoms with Crippen molar-refractivity contribution in [2.24, 2.45) is 21.1 Å². The van der Waals surface area contributed by atoms with Crippen molar-refractivity contribution in [1.82, 2.24) is 19.9 Å². The van der Waals surface area contributed by atoms with Gasteiger partial charge in [0.25, 0.3) is 0 Å². The van der Waals surface area contributed by atoms with Crippen molar-refractivity contribution in [3.63, 3.8) is 0 Å². The Hall–Kier alpha value is -7.00. The normalized spacial score (nSPS) is 22.1. The topological polar surface area (TPSA) is 119 Å². The van der Waals surface area contributed by atoms with Crippen molar-refractivity contribution in [2.45, 2.75) is 76.5 Å². The summed E-state index contributed by atoms with van der Waals surface area (Å²) in [5, 5.41) is 0. The lowest BCUT2D eigenvalue weighted by Gasteiger charge is -2.35. The molecule has 0 aromatic carbocycles. The summed E-state index contributed by atoms with van der Waals surface area (Å²) in [5.74, 6) is -1.57. The van der Waals surface area contributed by atoms with Crippen LogP contribution in [-0.4, -0.2) is 62.2 Å². The third-order valence-corrected chi connectivity index (χ3v) is 13.4. The SMILES string of the molecule is C[n+]1ccc(-c2c3nc(c(-c4cc[n+](C)cc4)c4ccc([nH]4)c(-c4cc[n+](C[C@H]5O[C@@H]6OC(C)(C)O[C@@H]6[C@H]6OC(C)(C)O[C@H]65)cc4)c4nc(c(-c5cc[n+](C)cc5)c5ccc2[nH]5)C=C4)C=C3)cc1. The lowest BCUT2D eigenvalue weighted by molar-refractivity contribution is -0.706. The molecule has 5 atom stereocenters. The van der Waals surface area contributed by atoms with Gasteiger partial charge in [0.1, 0.15) is 45.6 Å². The lowest BCUT2D eigenvalue weighted by atomic mass is 9.98. The monoisotopic (exact) mass is 906 g/mol. The first kappa shape index (κ1) is 42.4. The Morgan fingerprint density at radius 3 is 1.18 bits per heavy atom. The highest BCUT2D eigenvalue weighted by Crippen LogP contribution is 2.45. The summed E-state index contributed by atoms with van der Waals surface area (Å²) in [4.78, 5) is 18.7. The molecule has 0 spiro atoms. The molecule has 5 aliphatic rings. The van der Waals surface area contributed by atoms with Crippen LogP contribution in [0.15, 0.2) is 122 Å². The van der Waals surface area contributed by atoms with Crippen LogP contribution in [0.1, 0.15) is 50.5 Å². The summed E-state index contributed by atoms with van der Waals surface area (Å²) in [6.07, 6.45) is 23.2. The maximum Gasteiger partial charge on any atom is 0.190 e. The van der Waals surface area contributed by atoms with Crippen molar-refractivity contribution in [3.8, 4) is 44.5 Å². The Labute approximate surface area is 394 Å². The Morgan fingerprint density at radius 1 is 0.441 bits per heavy atom. The Morgan fingerprint density at radius 2 is 0.779 bits per heavy atom. The molecule has 0 unspecified atom stereocenters. The zero-order chi connectivity index (χ0) is 46.5. The molecule has 3 saturated heterocycles. The van der Waals surface area contributed by atoms with Crippen LogP contribution in [0.25, 0.3) is 90.9 Å². The van der Waals surface area contributed by atoms with Crippen molar-refractivity contribution < 1.29 is 42.0 Å². The number of pyridine rings is 4. The molecule has 8 bridgehead atoms. The predicted molar refractivity (Wildman–Crippen MR) is 257 cm³/mol. The van der Waals surface area contributed by atoms with Crippen LogP contribution in [0.3, 0.4) is 0 Å². The number of fused-ring (bicyclic) bond motifs is 11. The van der Waals surface area contributed by atoms with E-state index < -0.39 is 17.9 Å². The fourth-order valence-corrected chi connectivity index (χ4v) is 10.2. The minimum atomic E-state index is -0.792. The molecular weight excluding hydrogens is 853 g/mol. The van der Waals surface area contributed by atoms with Gasteiger partial charge in [-0.05, 0) is 98.5 Å². The molecule has 2 N–H and O–H groups in total. The van der Waals surface area contributed by atoms with Crippen LogP contribution in [0, 0.1) is 0 Å². The van der Waals surface area contributed by atoms with Gasteiger partial charge in [-0.15, -0.1) is 0 Å². The van der Waals surface area contributed by atoms with Gasteiger partial charge in [0, 0.05) is 92.9 Å². The highest BCUT2D eigenvalue weighted by molar-refractivity contribution is 5.99. The van der Waals surface area contributed by atoms with Crippen LogP contribution in [-0.2, 0) is 51.4 Å². The third-order valence-electron chi connectivity index (χ3n) is 13.4. The van der Waals surface area contributed by atoms with Crippen LogP contribution in [0.2, 0.25) is 0 Å². The summed E-state index contributed by atoms with van der Waals surface area (Å²) in [5.41, 5.74) is 15.2. The first-order chi connectivity index (χ1) is 32.8. The fourth-order valence-electron chi connectivity index (χ4n) is 10.2.